The molecule has 0 spiro atoms. The van der Waals surface area contributed by atoms with Gasteiger partial charge in [0.2, 0.25) is 0 Å². The number of pyridine rings is 1. The van der Waals surface area contributed by atoms with Gasteiger partial charge in [0.25, 0.3) is 11.5 Å². The maximum atomic E-state index is 12.6. The average molecular weight is 352 g/mol. The minimum atomic E-state index is -4.61. The van der Waals surface area contributed by atoms with Crippen molar-refractivity contribution in [3.63, 3.8) is 0 Å². The average Bonchev–Trinajstić information content (AvgIpc) is 2.14. The van der Waals surface area contributed by atoms with E-state index in [1.54, 1.807) is 0 Å². The molecule has 0 unspecified atom stereocenters. The number of rotatable bonds is 3. The van der Waals surface area contributed by atoms with Gasteiger partial charge in [-0.3, -0.25) is 0 Å². The Morgan fingerprint density at radius 1 is 1.53 bits per heavy atom. The quantitative estimate of drug-likeness (QED) is 0.474. The smallest absolute Gasteiger partial charge is 0.358 e. The minimum Gasteiger partial charge on any atom is -0.358 e. The lowest BCUT2D eigenvalue weighted by Crippen LogP contribution is -2.06. The molecule has 1 aromatic heterocycles. The second-order valence-corrected chi connectivity index (χ2v) is 6.01. The molecule has 0 atom stereocenters. The van der Waals surface area contributed by atoms with E-state index in [0.29, 0.717) is 6.07 Å². The van der Waals surface area contributed by atoms with Crippen LogP contribution in [0, 0.1) is 10.1 Å². The summed E-state index contributed by atoms with van der Waals surface area (Å²) < 4.78 is 46.7. The fourth-order valence-electron chi connectivity index (χ4n) is 0.967. The SMILES string of the molecule is O=[N+]([O-])c1cc(Br)c(C(F)F)c(S(=O)(=O)Cl)n1. The van der Waals surface area contributed by atoms with Crippen LogP contribution in [0.2, 0.25) is 0 Å². The number of nitro groups is 1. The van der Waals surface area contributed by atoms with Crippen LogP contribution in [0.15, 0.2) is 15.6 Å². The highest BCUT2D eigenvalue weighted by atomic mass is 79.9. The largest absolute Gasteiger partial charge is 0.366 e. The summed E-state index contributed by atoms with van der Waals surface area (Å²) >= 11 is 2.61. The lowest BCUT2D eigenvalue weighted by atomic mass is 10.3. The Kier molecular flexibility index (Phi) is 3.99. The number of hydrogen-bond acceptors (Lipinski definition) is 5. The van der Waals surface area contributed by atoms with Crippen LogP contribution in [0.4, 0.5) is 14.6 Å². The van der Waals surface area contributed by atoms with Crippen molar-refractivity contribution in [3.8, 4) is 0 Å². The summed E-state index contributed by atoms with van der Waals surface area (Å²) in [6, 6.07) is 0.674. The molecule has 11 heteroatoms. The van der Waals surface area contributed by atoms with Crippen molar-refractivity contribution in [2.75, 3.05) is 0 Å². The van der Waals surface area contributed by atoms with E-state index in [-0.39, 0.29) is 0 Å². The number of halogens is 4. The molecule has 1 heterocycles. The molecule has 1 aromatic rings. The molecule has 0 saturated carbocycles. The van der Waals surface area contributed by atoms with Crippen LogP contribution in [0.3, 0.4) is 0 Å². The minimum absolute atomic E-state index is 0.451. The van der Waals surface area contributed by atoms with Crippen LogP contribution in [0.5, 0.6) is 0 Å². The van der Waals surface area contributed by atoms with Crippen LogP contribution in [0.1, 0.15) is 12.0 Å². The van der Waals surface area contributed by atoms with Gasteiger partial charge >= 0.3 is 14.9 Å². The highest BCUT2D eigenvalue weighted by Crippen LogP contribution is 2.35. The number of alkyl halides is 2. The Hall–Kier alpha value is -0.870. The molecule has 17 heavy (non-hydrogen) atoms. The second-order valence-electron chi connectivity index (χ2n) is 2.68. The topological polar surface area (TPSA) is 90.2 Å². The van der Waals surface area contributed by atoms with Gasteiger partial charge in [0.1, 0.15) is 0 Å². The van der Waals surface area contributed by atoms with Gasteiger partial charge in [0.15, 0.2) is 0 Å². The first kappa shape index (κ1) is 14.2. The first-order valence-corrected chi connectivity index (χ1v) is 6.82. The molecule has 0 saturated heterocycles. The van der Waals surface area contributed by atoms with Crippen molar-refractivity contribution >= 4 is 41.5 Å². The summed E-state index contributed by atoms with van der Waals surface area (Å²) in [5.74, 6) is -0.902. The molecule has 0 bridgehead atoms. The van der Waals surface area contributed by atoms with Gasteiger partial charge < -0.3 is 10.1 Å². The molecule has 0 amide bonds. The molecule has 0 aliphatic heterocycles. The predicted molar refractivity (Wildman–Crippen MR) is 56.6 cm³/mol. The van der Waals surface area contributed by atoms with E-state index < -0.39 is 41.3 Å². The van der Waals surface area contributed by atoms with Crippen LogP contribution >= 0.6 is 26.6 Å². The zero-order chi connectivity index (χ0) is 13.4. The van der Waals surface area contributed by atoms with Gasteiger partial charge in [-0.25, -0.2) is 17.2 Å². The summed E-state index contributed by atoms with van der Waals surface area (Å²) in [5.41, 5.74) is -1.01. The molecule has 0 aliphatic carbocycles. The molecule has 94 valence electrons. The van der Waals surface area contributed by atoms with Gasteiger partial charge in [-0.2, -0.15) is 0 Å². The highest BCUT2D eigenvalue weighted by molar-refractivity contribution is 9.10. The van der Waals surface area contributed by atoms with Crippen LogP contribution in [0.25, 0.3) is 0 Å². The Balaban J connectivity index is 3.69. The third-order valence-electron chi connectivity index (χ3n) is 1.60. The summed E-state index contributed by atoms with van der Waals surface area (Å²) in [6.45, 7) is 0. The van der Waals surface area contributed by atoms with Gasteiger partial charge in [-0.15, -0.1) is 0 Å². The Morgan fingerprint density at radius 2 is 2.06 bits per heavy atom. The van der Waals surface area contributed by atoms with Gasteiger partial charge in [-0.05, 0) is 25.8 Å². The zero-order valence-corrected chi connectivity index (χ0v) is 10.8. The molecule has 0 N–H and O–H groups in total. The lowest BCUT2D eigenvalue weighted by Gasteiger charge is -2.04. The number of aromatic nitrogens is 1. The summed E-state index contributed by atoms with van der Waals surface area (Å²) in [6.07, 6.45) is -3.19. The zero-order valence-electron chi connectivity index (χ0n) is 7.60. The van der Waals surface area contributed by atoms with Crippen molar-refractivity contribution in [1.29, 1.82) is 0 Å². The van der Waals surface area contributed by atoms with Gasteiger partial charge in [0, 0.05) is 15.2 Å². The first-order valence-electron chi connectivity index (χ1n) is 3.72. The van der Waals surface area contributed by atoms with Crippen LogP contribution in [-0.4, -0.2) is 18.3 Å². The van der Waals surface area contributed by atoms with Crippen molar-refractivity contribution in [3.05, 3.63) is 26.2 Å². The Morgan fingerprint density at radius 3 is 2.41 bits per heavy atom. The molecular weight excluding hydrogens is 349 g/mol. The summed E-state index contributed by atoms with van der Waals surface area (Å²) in [7, 11) is 0.279. The van der Waals surface area contributed by atoms with Crippen LogP contribution in [-0.2, 0) is 9.05 Å². The Labute approximate surface area is 106 Å². The van der Waals surface area contributed by atoms with E-state index in [1.165, 1.54) is 0 Å². The lowest BCUT2D eigenvalue weighted by molar-refractivity contribution is -0.390. The molecule has 6 nitrogen and oxygen atoms in total. The maximum absolute atomic E-state index is 12.6. The fraction of sp³-hybridized carbons (Fsp3) is 0.167. The van der Waals surface area contributed by atoms with Crippen molar-refractivity contribution in [2.24, 2.45) is 0 Å². The predicted octanol–water partition coefficient (Wildman–Crippen LogP) is 2.62. The third kappa shape index (κ3) is 3.07. The molecule has 0 aliphatic rings. The summed E-state index contributed by atoms with van der Waals surface area (Å²) in [5, 5.41) is 9.18. The monoisotopic (exact) mass is 350 g/mol. The molecule has 0 fully saturated rings. The summed E-state index contributed by atoms with van der Waals surface area (Å²) in [4.78, 5) is 12.4. The molecule has 0 radical (unpaired) electrons. The normalized spacial score (nSPS) is 11.8. The van der Waals surface area contributed by atoms with E-state index in [1.807, 2.05) is 0 Å². The fourth-order valence-corrected chi connectivity index (χ4v) is 2.68. The van der Waals surface area contributed by atoms with Gasteiger partial charge in [-0.1, -0.05) is 0 Å². The van der Waals surface area contributed by atoms with Gasteiger partial charge in [0.05, 0.1) is 11.6 Å². The Bertz CT molecular complexity index is 580. The van der Waals surface area contributed by atoms with E-state index in [0.717, 1.165) is 0 Å². The van der Waals surface area contributed by atoms with Crippen LogP contribution < -0.4 is 0 Å². The van der Waals surface area contributed by atoms with E-state index in [9.17, 15) is 27.3 Å². The number of hydrogen-bond donors (Lipinski definition) is 0. The standard InChI is InChI=1S/C6H2BrClF2N2O4S/c7-2-1-3(12(13)14)11-6(17(8,15)16)4(2)5(9)10/h1,5H. The maximum Gasteiger partial charge on any atom is 0.366 e. The molecular formula is C6H2BrClF2N2O4S. The molecule has 0 aromatic carbocycles. The number of nitrogens with zero attached hydrogens (tertiary/aromatic N) is 2. The van der Waals surface area contributed by atoms with Crippen molar-refractivity contribution < 1.29 is 22.1 Å². The van der Waals surface area contributed by atoms with Crippen molar-refractivity contribution in [1.82, 2.24) is 4.98 Å². The van der Waals surface area contributed by atoms with Crippen molar-refractivity contribution in [2.45, 2.75) is 11.5 Å². The van der Waals surface area contributed by atoms with E-state index in [2.05, 4.69) is 20.9 Å². The highest BCUT2D eigenvalue weighted by Gasteiger charge is 2.33. The molecule has 1 rings (SSSR count). The second kappa shape index (κ2) is 4.78. The van der Waals surface area contributed by atoms with E-state index in [4.69, 9.17) is 10.7 Å². The first-order chi connectivity index (χ1) is 7.64. The van der Waals surface area contributed by atoms with E-state index >= 15 is 0 Å². The third-order valence-corrected chi connectivity index (χ3v) is 3.46.